The van der Waals surface area contributed by atoms with Gasteiger partial charge in [-0.1, -0.05) is 113 Å². The summed E-state index contributed by atoms with van der Waals surface area (Å²) in [6, 6.07) is 0. The van der Waals surface area contributed by atoms with Gasteiger partial charge < -0.3 is 0 Å². The molecule has 4 aliphatic rings. The van der Waals surface area contributed by atoms with Gasteiger partial charge in [0.2, 0.25) is 0 Å². The zero-order chi connectivity index (χ0) is 22.5. The summed E-state index contributed by atoms with van der Waals surface area (Å²) in [7, 11) is -1.76. The van der Waals surface area contributed by atoms with Crippen molar-refractivity contribution in [2.45, 2.75) is 65.7 Å². The average Bonchev–Trinajstić information content (AvgIpc) is 2.99. The average molecular weight is 429 g/mol. The summed E-state index contributed by atoms with van der Waals surface area (Å²) in [5.41, 5.74) is 10.7. The molecule has 0 aromatic carbocycles. The molecule has 1 heteroatoms. The van der Waals surface area contributed by atoms with E-state index in [2.05, 4.69) is 115 Å². The summed E-state index contributed by atoms with van der Waals surface area (Å²) in [5.74, 6) is 2.30. The molecule has 4 aliphatic carbocycles. The van der Waals surface area contributed by atoms with Crippen molar-refractivity contribution in [1.82, 2.24) is 0 Å². The quantitative estimate of drug-likeness (QED) is 0.393. The summed E-state index contributed by atoms with van der Waals surface area (Å²) < 4.78 is 0. The number of rotatable bonds is 4. The molecule has 4 rings (SSSR count). The first kappa shape index (κ1) is 22.3. The molecule has 0 bridgehead atoms. The summed E-state index contributed by atoms with van der Waals surface area (Å²) in [4.78, 5) is 0. The fourth-order valence-electron chi connectivity index (χ4n) is 6.81. The molecule has 164 valence electrons. The fraction of sp³-hybridized carbons (Fsp3) is 0.467. The third-order valence-electron chi connectivity index (χ3n) is 8.02. The lowest BCUT2D eigenvalue weighted by Crippen LogP contribution is -2.40. The molecule has 0 aromatic heterocycles. The van der Waals surface area contributed by atoms with E-state index in [1.165, 1.54) is 0 Å². The Hall–Kier alpha value is -1.86. The molecule has 4 atom stereocenters. The van der Waals surface area contributed by atoms with E-state index in [1.54, 1.807) is 33.4 Å². The highest BCUT2D eigenvalue weighted by molar-refractivity contribution is 6.83. The first-order chi connectivity index (χ1) is 14.6. The van der Waals surface area contributed by atoms with Gasteiger partial charge in [-0.05, 0) is 48.0 Å². The molecule has 0 aromatic rings. The molecule has 0 fully saturated rings. The Kier molecular flexibility index (Phi) is 5.94. The monoisotopic (exact) mass is 428 g/mol. The lowest BCUT2D eigenvalue weighted by Gasteiger charge is -2.40. The van der Waals surface area contributed by atoms with Crippen molar-refractivity contribution in [2.75, 3.05) is 0 Å². The Morgan fingerprint density at radius 1 is 0.613 bits per heavy atom. The highest BCUT2D eigenvalue weighted by Crippen LogP contribution is 2.57. The Morgan fingerprint density at radius 2 is 1.00 bits per heavy atom. The van der Waals surface area contributed by atoms with Crippen molar-refractivity contribution in [3.63, 3.8) is 0 Å². The van der Waals surface area contributed by atoms with Crippen LogP contribution in [0.25, 0.3) is 0 Å². The van der Waals surface area contributed by atoms with Gasteiger partial charge >= 0.3 is 0 Å². The fourth-order valence-corrected chi connectivity index (χ4v) is 11.8. The zero-order valence-corrected chi connectivity index (χ0v) is 21.7. The molecule has 0 saturated carbocycles. The Bertz CT molecular complexity index is 917. The predicted molar refractivity (Wildman–Crippen MR) is 140 cm³/mol. The third-order valence-corrected chi connectivity index (χ3v) is 12.5. The van der Waals surface area contributed by atoms with Crippen LogP contribution in [-0.4, -0.2) is 8.07 Å². The van der Waals surface area contributed by atoms with Gasteiger partial charge in [0, 0.05) is 22.9 Å². The van der Waals surface area contributed by atoms with E-state index in [0.717, 1.165) is 0 Å². The topological polar surface area (TPSA) is 0 Å². The number of allylic oxidation sites excluding steroid dienone is 16. The van der Waals surface area contributed by atoms with E-state index < -0.39 is 8.07 Å². The van der Waals surface area contributed by atoms with Gasteiger partial charge in [-0.2, -0.15) is 0 Å². The Morgan fingerprint density at radius 3 is 1.35 bits per heavy atom. The molecule has 0 nitrogen and oxygen atoms in total. The minimum absolute atomic E-state index is 0.525. The highest BCUT2D eigenvalue weighted by Gasteiger charge is 2.48. The van der Waals surface area contributed by atoms with Crippen LogP contribution >= 0.6 is 0 Å². The summed E-state index contributed by atoms with van der Waals surface area (Å²) in [6.07, 6.45) is 23.9. The smallest absolute Gasteiger partial charge is 0.0721 e. The second-order valence-electron chi connectivity index (χ2n) is 11.3. The van der Waals surface area contributed by atoms with Crippen molar-refractivity contribution < 1.29 is 0 Å². The van der Waals surface area contributed by atoms with Crippen LogP contribution in [0.15, 0.2) is 94.2 Å². The molecule has 0 spiro atoms. The van der Waals surface area contributed by atoms with Crippen LogP contribution < -0.4 is 0 Å². The Labute approximate surface area is 191 Å². The van der Waals surface area contributed by atoms with E-state index in [4.69, 9.17) is 0 Å². The lowest BCUT2D eigenvalue weighted by atomic mass is 9.87. The van der Waals surface area contributed by atoms with Gasteiger partial charge in [0.05, 0.1) is 8.07 Å². The first-order valence-corrected chi connectivity index (χ1v) is 15.3. The molecule has 0 N–H and O–H groups in total. The van der Waals surface area contributed by atoms with Gasteiger partial charge in [0.1, 0.15) is 0 Å². The van der Waals surface area contributed by atoms with Crippen molar-refractivity contribution in [3.8, 4) is 0 Å². The van der Waals surface area contributed by atoms with Crippen molar-refractivity contribution >= 4 is 8.07 Å². The second kappa shape index (κ2) is 8.24. The number of hydrogen-bond acceptors (Lipinski definition) is 0. The van der Waals surface area contributed by atoms with Gasteiger partial charge in [-0.25, -0.2) is 0 Å². The van der Waals surface area contributed by atoms with Crippen LogP contribution in [0, 0.1) is 23.7 Å². The van der Waals surface area contributed by atoms with Crippen molar-refractivity contribution in [2.24, 2.45) is 23.7 Å². The number of hydrogen-bond donors (Lipinski definition) is 0. The standard InChI is InChI=1S/C30H40Si/c1-19(2)23-13-9-11-15-25-27(23)17-21(5)29(25)31(7,8)30-22(6)18-28-24(20(3)4)14-10-12-16-26(28)30/h9-20,23-24,29-30H,1-8H3. The van der Waals surface area contributed by atoms with Crippen molar-refractivity contribution in [1.29, 1.82) is 0 Å². The molecule has 0 aliphatic heterocycles. The molecular weight excluding hydrogens is 388 g/mol. The van der Waals surface area contributed by atoms with E-state index in [0.29, 0.717) is 34.8 Å². The molecule has 4 unspecified atom stereocenters. The molecule has 0 amide bonds. The molecule has 31 heavy (non-hydrogen) atoms. The summed E-state index contributed by atoms with van der Waals surface area (Å²) >= 11 is 0. The van der Waals surface area contributed by atoms with Crippen LogP contribution in [0.5, 0.6) is 0 Å². The van der Waals surface area contributed by atoms with E-state index >= 15 is 0 Å². The third kappa shape index (κ3) is 3.69. The Balaban J connectivity index is 1.80. The largest absolute Gasteiger partial charge is 0.0767 e. The SMILES string of the molecule is CC1=CC2=C(C=CC=CC2C(C)C)C1[Si](C)(C)C1C(C)=CC2=C1C=CC=CC2C(C)C. The minimum Gasteiger partial charge on any atom is -0.0767 e. The zero-order valence-electron chi connectivity index (χ0n) is 20.7. The second-order valence-corrected chi connectivity index (χ2v) is 16.1. The lowest BCUT2D eigenvalue weighted by molar-refractivity contribution is 0.533. The van der Waals surface area contributed by atoms with Crippen LogP contribution in [0.2, 0.25) is 24.2 Å². The molecule has 0 radical (unpaired) electrons. The maximum atomic E-state index is 2.65. The maximum Gasteiger partial charge on any atom is 0.0721 e. The van der Waals surface area contributed by atoms with E-state index in [9.17, 15) is 0 Å². The molecular formula is C30H40Si. The van der Waals surface area contributed by atoms with Crippen molar-refractivity contribution in [3.05, 3.63) is 94.2 Å². The first-order valence-electron chi connectivity index (χ1n) is 12.2. The highest BCUT2D eigenvalue weighted by atomic mass is 28.3. The van der Waals surface area contributed by atoms with Gasteiger partial charge in [0.25, 0.3) is 0 Å². The van der Waals surface area contributed by atoms with Gasteiger partial charge in [0.15, 0.2) is 0 Å². The summed E-state index contributed by atoms with van der Waals surface area (Å²) in [5, 5.41) is 0. The van der Waals surface area contributed by atoms with Crippen LogP contribution in [0.4, 0.5) is 0 Å². The summed E-state index contributed by atoms with van der Waals surface area (Å²) in [6.45, 7) is 19.5. The molecule has 0 heterocycles. The maximum absolute atomic E-state index is 2.65. The van der Waals surface area contributed by atoms with E-state index in [1.807, 2.05) is 0 Å². The van der Waals surface area contributed by atoms with Gasteiger partial charge in [-0.3, -0.25) is 0 Å². The van der Waals surface area contributed by atoms with Crippen LogP contribution in [-0.2, 0) is 0 Å². The van der Waals surface area contributed by atoms with Gasteiger partial charge in [-0.15, -0.1) is 0 Å². The minimum atomic E-state index is -1.76. The molecule has 0 saturated heterocycles. The van der Waals surface area contributed by atoms with E-state index in [-0.39, 0.29) is 0 Å². The van der Waals surface area contributed by atoms with Crippen LogP contribution in [0.1, 0.15) is 41.5 Å². The van der Waals surface area contributed by atoms with Crippen LogP contribution in [0.3, 0.4) is 0 Å². The normalized spacial score (nSPS) is 30.1. The predicted octanol–water partition coefficient (Wildman–Crippen LogP) is 8.74.